The molecule has 0 aromatic heterocycles. The van der Waals surface area contributed by atoms with Crippen LogP contribution >= 0.6 is 0 Å². The van der Waals surface area contributed by atoms with E-state index < -0.39 is 6.10 Å². The third-order valence-electron chi connectivity index (χ3n) is 5.00. The van der Waals surface area contributed by atoms with Crippen molar-refractivity contribution in [2.45, 2.75) is 31.8 Å². The van der Waals surface area contributed by atoms with Gasteiger partial charge < -0.3 is 10.0 Å². The third-order valence-corrected chi connectivity index (χ3v) is 5.00. The van der Waals surface area contributed by atoms with E-state index >= 15 is 0 Å². The molecule has 2 amide bonds. The molecule has 2 aromatic rings. The molecule has 4 heteroatoms. The van der Waals surface area contributed by atoms with Crippen molar-refractivity contribution in [3.05, 3.63) is 59.7 Å². The van der Waals surface area contributed by atoms with E-state index in [0.717, 1.165) is 48.4 Å². The Balaban J connectivity index is 1.84. The summed E-state index contributed by atoms with van der Waals surface area (Å²) >= 11 is 0. The first-order chi connectivity index (χ1) is 11.8. The molecule has 0 radical (unpaired) electrons. The van der Waals surface area contributed by atoms with Gasteiger partial charge in [-0.1, -0.05) is 36.4 Å². The van der Waals surface area contributed by atoms with Gasteiger partial charge in [0.25, 0.3) is 0 Å². The molecule has 0 aliphatic carbocycles. The smallest absolute Gasteiger partial charge is 0.329 e. The molecule has 24 heavy (non-hydrogen) atoms. The number of benzene rings is 2. The predicted molar refractivity (Wildman–Crippen MR) is 94.5 cm³/mol. The highest BCUT2D eigenvalue weighted by atomic mass is 16.3. The largest absolute Gasteiger partial charge is 0.388 e. The number of hydrogen-bond acceptors (Lipinski definition) is 2. The minimum absolute atomic E-state index is 0.0173. The van der Waals surface area contributed by atoms with Gasteiger partial charge in [0.2, 0.25) is 0 Å². The second kappa shape index (κ2) is 6.29. The van der Waals surface area contributed by atoms with Crippen molar-refractivity contribution >= 4 is 17.4 Å². The van der Waals surface area contributed by atoms with Crippen LogP contribution in [-0.4, -0.2) is 29.1 Å². The number of hydrogen-bond donors (Lipinski definition) is 1. The number of piperidine rings is 1. The number of rotatable bonds is 0. The molecule has 4 nitrogen and oxygen atoms in total. The molecule has 2 aliphatic rings. The third kappa shape index (κ3) is 2.57. The topological polar surface area (TPSA) is 43.8 Å². The number of likely N-dealkylation sites (tertiary alicyclic amines) is 1. The normalized spacial score (nSPS) is 20.1. The zero-order valence-electron chi connectivity index (χ0n) is 13.7. The Bertz CT molecular complexity index is 753. The minimum Gasteiger partial charge on any atom is -0.388 e. The quantitative estimate of drug-likeness (QED) is 0.796. The molecule has 4 rings (SSSR count). The number of aliphatic hydroxyl groups excluding tert-OH is 1. The first kappa shape index (κ1) is 15.2. The predicted octanol–water partition coefficient (Wildman–Crippen LogP) is 4.02. The number of carbonyl (C=O) groups is 1. The van der Waals surface area contributed by atoms with Gasteiger partial charge in [0.05, 0.1) is 17.5 Å². The highest BCUT2D eigenvalue weighted by Gasteiger charge is 2.32. The summed E-state index contributed by atoms with van der Waals surface area (Å²) in [6.45, 7) is 1.62. The van der Waals surface area contributed by atoms with Gasteiger partial charge in [-0.25, -0.2) is 4.79 Å². The Morgan fingerprint density at radius 3 is 2.38 bits per heavy atom. The fraction of sp³-hybridized carbons (Fsp3) is 0.350. The minimum atomic E-state index is -0.596. The molecule has 2 aliphatic heterocycles. The fourth-order valence-electron chi connectivity index (χ4n) is 3.76. The van der Waals surface area contributed by atoms with Crippen LogP contribution in [0.4, 0.5) is 16.2 Å². The summed E-state index contributed by atoms with van der Waals surface area (Å²) < 4.78 is 0. The van der Waals surface area contributed by atoms with Gasteiger partial charge >= 0.3 is 6.03 Å². The number of para-hydroxylation sites is 2. The zero-order valence-corrected chi connectivity index (χ0v) is 13.7. The lowest BCUT2D eigenvalue weighted by atomic mass is 10.0. The van der Waals surface area contributed by atoms with Gasteiger partial charge in [-0.2, -0.15) is 0 Å². The summed E-state index contributed by atoms with van der Waals surface area (Å²) in [6.07, 6.45) is 3.24. The van der Waals surface area contributed by atoms with Gasteiger partial charge in [-0.05, 0) is 37.0 Å². The maximum absolute atomic E-state index is 13.3. The first-order valence-electron chi connectivity index (χ1n) is 8.69. The molecule has 1 atom stereocenters. The lowest BCUT2D eigenvalue weighted by molar-refractivity contribution is 0.180. The van der Waals surface area contributed by atoms with Crippen LogP contribution in [0.3, 0.4) is 0 Å². The summed E-state index contributed by atoms with van der Waals surface area (Å²) in [6, 6.07) is 15.6. The van der Waals surface area contributed by atoms with Crippen LogP contribution in [0, 0.1) is 0 Å². The van der Waals surface area contributed by atoms with E-state index in [0.29, 0.717) is 6.42 Å². The average molecular weight is 322 g/mol. The van der Waals surface area contributed by atoms with Crippen molar-refractivity contribution in [1.82, 2.24) is 4.90 Å². The monoisotopic (exact) mass is 322 g/mol. The van der Waals surface area contributed by atoms with Crippen LogP contribution in [0.25, 0.3) is 0 Å². The lowest BCUT2D eigenvalue weighted by Gasteiger charge is -2.33. The van der Waals surface area contributed by atoms with Crippen LogP contribution in [0.5, 0.6) is 0 Å². The Morgan fingerprint density at radius 2 is 1.58 bits per heavy atom. The molecule has 124 valence electrons. The summed E-state index contributed by atoms with van der Waals surface area (Å²) in [5.74, 6) is 0. The first-order valence-corrected chi connectivity index (χ1v) is 8.69. The van der Waals surface area contributed by atoms with E-state index in [1.807, 2.05) is 53.4 Å². The Hall–Kier alpha value is -2.33. The van der Waals surface area contributed by atoms with Crippen LogP contribution in [0.2, 0.25) is 0 Å². The summed E-state index contributed by atoms with van der Waals surface area (Å²) in [5.41, 5.74) is 3.51. The SMILES string of the molecule is O=C(N1CCCCC1)N1c2ccccc2CC(O)c2ccccc21. The molecule has 1 N–H and O–H groups in total. The highest BCUT2D eigenvalue weighted by molar-refractivity contribution is 6.01. The highest BCUT2D eigenvalue weighted by Crippen LogP contribution is 2.40. The van der Waals surface area contributed by atoms with Gasteiger partial charge in [0.15, 0.2) is 0 Å². The van der Waals surface area contributed by atoms with Crippen LogP contribution < -0.4 is 4.90 Å². The van der Waals surface area contributed by atoms with Crippen LogP contribution in [0.1, 0.15) is 36.5 Å². The van der Waals surface area contributed by atoms with Gasteiger partial charge in [-0.3, -0.25) is 4.90 Å². The molecular weight excluding hydrogens is 300 g/mol. The van der Waals surface area contributed by atoms with E-state index in [1.165, 1.54) is 6.42 Å². The van der Waals surface area contributed by atoms with Gasteiger partial charge in [-0.15, -0.1) is 0 Å². The molecule has 0 bridgehead atoms. The molecule has 0 spiro atoms. The number of anilines is 2. The van der Waals surface area contributed by atoms with Crippen molar-refractivity contribution in [2.24, 2.45) is 0 Å². The van der Waals surface area contributed by atoms with Crippen LogP contribution in [0.15, 0.2) is 48.5 Å². The molecular formula is C20H22N2O2. The summed E-state index contributed by atoms with van der Waals surface area (Å²) in [7, 11) is 0. The van der Waals surface area contributed by atoms with Gasteiger partial charge in [0.1, 0.15) is 0 Å². The van der Waals surface area contributed by atoms with E-state index in [-0.39, 0.29) is 6.03 Å². The second-order valence-corrected chi connectivity index (χ2v) is 6.57. The average Bonchev–Trinajstić information content (AvgIpc) is 2.76. The number of amides is 2. The number of urea groups is 1. The molecule has 1 saturated heterocycles. The molecule has 0 saturated carbocycles. The second-order valence-electron chi connectivity index (χ2n) is 6.57. The molecule has 1 unspecified atom stereocenters. The number of carbonyl (C=O) groups excluding carboxylic acids is 1. The van der Waals surface area contributed by atoms with Crippen LogP contribution in [-0.2, 0) is 6.42 Å². The molecule has 1 fully saturated rings. The van der Waals surface area contributed by atoms with E-state index in [4.69, 9.17) is 0 Å². The Morgan fingerprint density at radius 1 is 0.917 bits per heavy atom. The maximum atomic E-state index is 13.3. The molecule has 2 aromatic carbocycles. The Labute approximate surface area is 142 Å². The van der Waals surface area contributed by atoms with Crippen molar-refractivity contribution in [3.8, 4) is 0 Å². The number of fused-ring (bicyclic) bond motifs is 2. The van der Waals surface area contributed by atoms with E-state index in [9.17, 15) is 9.90 Å². The number of aliphatic hydroxyl groups is 1. The van der Waals surface area contributed by atoms with Crippen molar-refractivity contribution in [3.63, 3.8) is 0 Å². The van der Waals surface area contributed by atoms with Gasteiger partial charge in [0, 0.05) is 25.1 Å². The Kier molecular flexibility index (Phi) is 3.98. The summed E-state index contributed by atoms with van der Waals surface area (Å²) in [4.78, 5) is 17.0. The van der Waals surface area contributed by atoms with E-state index in [2.05, 4.69) is 0 Å². The lowest BCUT2D eigenvalue weighted by Crippen LogP contribution is -2.43. The van der Waals surface area contributed by atoms with Crippen molar-refractivity contribution in [2.75, 3.05) is 18.0 Å². The maximum Gasteiger partial charge on any atom is 0.329 e. The fourth-order valence-corrected chi connectivity index (χ4v) is 3.76. The number of nitrogens with zero attached hydrogens (tertiary/aromatic N) is 2. The summed E-state index contributed by atoms with van der Waals surface area (Å²) in [5, 5.41) is 10.6. The van der Waals surface area contributed by atoms with Crippen molar-refractivity contribution in [1.29, 1.82) is 0 Å². The van der Waals surface area contributed by atoms with E-state index in [1.54, 1.807) is 4.90 Å². The zero-order chi connectivity index (χ0) is 16.5. The van der Waals surface area contributed by atoms with Crippen molar-refractivity contribution < 1.29 is 9.90 Å². The molecule has 2 heterocycles. The standard InChI is InChI=1S/C20H22N2O2/c23-19-14-15-8-2-4-10-17(15)22(18-11-5-3-9-16(18)19)20(24)21-12-6-1-7-13-21/h2-5,8-11,19,23H,1,6-7,12-14H2.